The van der Waals surface area contributed by atoms with E-state index in [1.54, 1.807) is 28.9 Å². The van der Waals surface area contributed by atoms with E-state index in [4.69, 9.17) is 10.5 Å². The van der Waals surface area contributed by atoms with Gasteiger partial charge in [-0.15, -0.1) is 0 Å². The van der Waals surface area contributed by atoms with Crippen LogP contribution in [0.3, 0.4) is 0 Å². The SMILES string of the molecule is C=CC(=O)N[C@H]1C[C@@H](n2nc(-c3ccc(Oc4ccccc4)cc3F)c3c(N)ncnc32)C1. The average molecular weight is 444 g/mol. The Morgan fingerprint density at radius 3 is 2.70 bits per heavy atom. The minimum Gasteiger partial charge on any atom is -0.457 e. The molecular formula is C24H21FN6O2. The molecule has 166 valence electrons. The monoisotopic (exact) mass is 444 g/mol. The lowest BCUT2D eigenvalue weighted by Crippen LogP contribution is -2.44. The minimum absolute atomic E-state index is 0.00517. The van der Waals surface area contributed by atoms with Gasteiger partial charge in [0.25, 0.3) is 0 Å². The van der Waals surface area contributed by atoms with E-state index in [1.807, 2.05) is 18.2 Å². The lowest BCUT2D eigenvalue weighted by Gasteiger charge is -2.35. The fourth-order valence-corrected chi connectivity index (χ4v) is 3.98. The van der Waals surface area contributed by atoms with Crippen LogP contribution in [0.25, 0.3) is 22.3 Å². The Kier molecular flexibility index (Phi) is 5.21. The number of ether oxygens (including phenoxy) is 1. The van der Waals surface area contributed by atoms with E-state index >= 15 is 4.39 Å². The number of rotatable bonds is 6. The Morgan fingerprint density at radius 1 is 1.18 bits per heavy atom. The number of halogens is 1. The number of para-hydroxylation sites is 1. The van der Waals surface area contributed by atoms with Gasteiger partial charge in [-0.3, -0.25) is 4.79 Å². The summed E-state index contributed by atoms with van der Waals surface area (Å²) in [4.78, 5) is 20.0. The summed E-state index contributed by atoms with van der Waals surface area (Å²) in [6.07, 6.45) is 3.96. The second kappa shape index (κ2) is 8.34. The number of fused-ring (bicyclic) bond motifs is 1. The van der Waals surface area contributed by atoms with Gasteiger partial charge in [-0.25, -0.2) is 19.0 Å². The molecule has 0 saturated heterocycles. The topological polar surface area (TPSA) is 108 Å². The van der Waals surface area contributed by atoms with Crippen LogP contribution in [0.5, 0.6) is 11.5 Å². The van der Waals surface area contributed by atoms with Crippen LogP contribution in [0.15, 0.2) is 67.5 Å². The predicted octanol–water partition coefficient (Wildman–Crippen LogP) is 4.01. The van der Waals surface area contributed by atoms with Gasteiger partial charge in [-0.05, 0) is 43.2 Å². The van der Waals surface area contributed by atoms with E-state index in [0.717, 1.165) is 0 Å². The molecule has 33 heavy (non-hydrogen) atoms. The second-order valence-electron chi connectivity index (χ2n) is 7.84. The number of hydrogen-bond acceptors (Lipinski definition) is 6. The van der Waals surface area contributed by atoms with Gasteiger partial charge < -0.3 is 15.8 Å². The van der Waals surface area contributed by atoms with Crippen LogP contribution in [0.1, 0.15) is 18.9 Å². The first-order valence-corrected chi connectivity index (χ1v) is 10.5. The summed E-state index contributed by atoms with van der Waals surface area (Å²) in [5.41, 5.74) is 7.31. The lowest BCUT2D eigenvalue weighted by molar-refractivity contribution is -0.117. The van der Waals surface area contributed by atoms with Crippen molar-refractivity contribution in [2.24, 2.45) is 0 Å². The molecule has 1 amide bonds. The molecular weight excluding hydrogens is 423 g/mol. The normalized spacial score (nSPS) is 17.4. The summed E-state index contributed by atoms with van der Waals surface area (Å²) < 4.78 is 22.7. The van der Waals surface area contributed by atoms with Gasteiger partial charge in [-0.1, -0.05) is 24.8 Å². The van der Waals surface area contributed by atoms with E-state index in [2.05, 4.69) is 27.0 Å². The van der Waals surface area contributed by atoms with Crippen molar-refractivity contribution in [3.05, 3.63) is 73.3 Å². The maximum absolute atomic E-state index is 15.2. The highest BCUT2D eigenvalue weighted by atomic mass is 19.1. The van der Waals surface area contributed by atoms with Crippen molar-refractivity contribution in [2.75, 3.05) is 5.73 Å². The zero-order chi connectivity index (χ0) is 22.9. The first kappa shape index (κ1) is 20.6. The first-order chi connectivity index (χ1) is 16.0. The third kappa shape index (κ3) is 3.89. The van der Waals surface area contributed by atoms with Crippen molar-refractivity contribution >= 4 is 22.8 Å². The van der Waals surface area contributed by atoms with Crippen molar-refractivity contribution in [3.63, 3.8) is 0 Å². The summed E-state index contributed by atoms with van der Waals surface area (Å²) in [7, 11) is 0. The molecule has 3 N–H and O–H groups in total. The highest BCUT2D eigenvalue weighted by Crippen LogP contribution is 2.39. The van der Waals surface area contributed by atoms with Gasteiger partial charge in [0.05, 0.1) is 11.4 Å². The Hall–Kier alpha value is -4.27. The molecule has 0 atom stereocenters. The van der Waals surface area contributed by atoms with E-state index in [9.17, 15) is 4.79 Å². The zero-order valence-corrected chi connectivity index (χ0v) is 17.6. The number of carbonyl (C=O) groups excluding carboxylic acids is 1. The third-order valence-corrected chi connectivity index (χ3v) is 5.68. The molecule has 1 saturated carbocycles. The largest absolute Gasteiger partial charge is 0.457 e. The van der Waals surface area contributed by atoms with Crippen molar-refractivity contribution in [1.82, 2.24) is 25.1 Å². The van der Waals surface area contributed by atoms with Crippen molar-refractivity contribution in [1.29, 1.82) is 0 Å². The minimum atomic E-state index is -0.497. The van der Waals surface area contributed by atoms with Gasteiger partial charge in [0.2, 0.25) is 5.91 Å². The lowest BCUT2D eigenvalue weighted by atomic mass is 9.87. The molecule has 1 fully saturated rings. The average Bonchev–Trinajstić information content (AvgIpc) is 3.17. The standard InChI is InChI=1S/C24H21FN6O2/c1-2-20(32)29-14-10-15(11-14)31-24-21(23(26)27-13-28-24)22(30-31)18-9-8-17(12-19(18)25)33-16-6-4-3-5-7-16/h2-9,12-15H,1,10-11H2,(H,29,32)(H2,26,27,28)/t14-,15+. The molecule has 0 aliphatic heterocycles. The summed E-state index contributed by atoms with van der Waals surface area (Å²) >= 11 is 0. The number of carbonyl (C=O) groups is 1. The highest BCUT2D eigenvalue weighted by Gasteiger charge is 2.34. The van der Waals surface area contributed by atoms with Crippen LogP contribution in [-0.4, -0.2) is 31.7 Å². The number of aromatic nitrogens is 4. The number of anilines is 1. The van der Waals surface area contributed by atoms with Crippen LogP contribution < -0.4 is 15.8 Å². The zero-order valence-electron chi connectivity index (χ0n) is 17.6. The van der Waals surface area contributed by atoms with Crippen molar-refractivity contribution in [2.45, 2.75) is 24.9 Å². The maximum atomic E-state index is 15.2. The number of nitrogens with zero attached hydrogens (tertiary/aromatic N) is 4. The van der Waals surface area contributed by atoms with E-state index < -0.39 is 5.82 Å². The summed E-state index contributed by atoms with van der Waals surface area (Å²) in [5, 5.41) is 8.03. The fourth-order valence-electron chi connectivity index (χ4n) is 3.98. The number of hydrogen-bond donors (Lipinski definition) is 2. The van der Waals surface area contributed by atoms with Crippen LogP contribution in [-0.2, 0) is 4.79 Å². The Labute approximate surface area is 188 Å². The Balaban J connectivity index is 1.47. The van der Waals surface area contributed by atoms with Gasteiger partial charge in [0, 0.05) is 17.7 Å². The number of amides is 1. The summed E-state index contributed by atoms with van der Waals surface area (Å²) in [6, 6.07) is 13.8. The molecule has 0 radical (unpaired) electrons. The highest BCUT2D eigenvalue weighted by molar-refractivity contribution is 5.98. The van der Waals surface area contributed by atoms with Gasteiger partial charge >= 0.3 is 0 Å². The molecule has 2 heterocycles. The molecule has 1 aliphatic rings. The molecule has 2 aromatic heterocycles. The molecule has 8 nitrogen and oxygen atoms in total. The summed E-state index contributed by atoms with van der Waals surface area (Å²) in [6.45, 7) is 3.47. The fraction of sp³-hybridized carbons (Fsp3) is 0.167. The Bertz CT molecular complexity index is 1350. The number of nitrogens with one attached hydrogen (secondary N) is 1. The summed E-state index contributed by atoms with van der Waals surface area (Å²) in [5.74, 6) is 0.496. The van der Waals surface area contributed by atoms with Crippen LogP contribution in [0.4, 0.5) is 10.2 Å². The third-order valence-electron chi connectivity index (χ3n) is 5.68. The van der Waals surface area contributed by atoms with Crippen LogP contribution in [0, 0.1) is 5.82 Å². The van der Waals surface area contributed by atoms with Gasteiger partial charge in [0.1, 0.15) is 35.2 Å². The Morgan fingerprint density at radius 2 is 1.97 bits per heavy atom. The second-order valence-corrected chi connectivity index (χ2v) is 7.84. The molecule has 4 aromatic rings. The van der Waals surface area contributed by atoms with Crippen molar-refractivity contribution in [3.8, 4) is 22.8 Å². The number of benzene rings is 2. The van der Waals surface area contributed by atoms with Crippen LogP contribution in [0.2, 0.25) is 0 Å². The smallest absolute Gasteiger partial charge is 0.243 e. The van der Waals surface area contributed by atoms with E-state index in [0.29, 0.717) is 41.1 Å². The van der Waals surface area contributed by atoms with E-state index in [1.165, 1.54) is 18.5 Å². The molecule has 0 spiro atoms. The maximum Gasteiger partial charge on any atom is 0.243 e. The molecule has 0 unspecified atom stereocenters. The molecule has 0 bridgehead atoms. The number of nitrogens with two attached hydrogens (primary N) is 1. The van der Waals surface area contributed by atoms with Crippen LogP contribution >= 0.6 is 0 Å². The van der Waals surface area contributed by atoms with Crippen molar-refractivity contribution < 1.29 is 13.9 Å². The molecule has 2 aromatic carbocycles. The molecule has 1 aliphatic carbocycles. The van der Waals surface area contributed by atoms with Gasteiger partial charge in [-0.2, -0.15) is 5.10 Å². The number of nitrogen functional groups attached to an aromatic ring is 1. The van der Waals surface area contributed by atoms with E-state index in [-0.39, 0.29) is 29.4 Å². The quantitative estimate of drug-likeness (QED) is 0.435. The predicted molar refractivity (Wildman–Crippen MR) is 122 cm³/mol. The van der Waals surface area contributed by atoms with Gasteiger partial charge in [0.15, 0.2) is 5.65 Å². The molecule has 9 heteroatoms. The first-order valence-electron chi connectivity index (χ1n) is 10.5. The molecule has 5 rings (SSSR count).